The van der Waals surface area contributed by atoms with E-state index in [1.165, 1.54) is 48.5 Å². The number of nitro groups is 1. The van der Waals surface area contributed by atoms with E-state index in [0.29, 0.717) is 15.6 Å². The fourth-order valence-corrected chi connectivity index (χ4v) is 4.47. The first-order chi connectivity index (χ1) is 15.1. The van der Waals surface area contributed by atoms with Gasteiger partial charge in [-0.1, -0.05) is 41.4 Å². The van der Waals surface area contributed by atoms with Crippen molar-refractivity contribution < 1.29 is 18.1 Å². The number of hydrogen-bond acceptors (Lipinski definition) is 5. The summed E-state index contributed by atoms with van der Waals surface area (Å²) >= 11 is 11.8. The van der Waals surface area contributed by atoms with E-state index in [1.54, 1.807) is 24.3 Å². The molecule has 3 rings (SSSR count). The number of non-ortho nitro benzene ring substituents is 1. The van der Waals surface area contributed by atoms with Crippen molar-refractivity contribution in [2.24, 2.45) is 0 Å². The molecule has 1 N–H and O–H groups in total. The van der Waals surface area contributed by atoms with Crippen LogP contribution in [0.1, 0.15) is 5.56 Å². The lowest BCUT2D eigenvalue weighted by Crippen LogP contribution is -2.37. The van der Waals surface area contributed by atoms with Crippen LogP contribution in [0.2, 0.25) is 10.0 Å². The highest BCUT2D eigenvalue weighted by molar-refractivity contribution is 7.89. The maximum atomic E-state index is 13.2. The number of halogens is 2. The lowest BCUT2D eigenvalue weighted by atomic mass is 10.2. The van der Waals surface area contributed by atoms with Gasteiger partial charge in [-0.3, -0.25) is 14.9 Å². The maximum Gasteiger partial charge on any atom is 0.271 e. The molecule has 0 bridgehead atoms. The Balaban J connectivity index is 1.87. The van der Waals surface area contributed by atoms with Gasteiger partial charge < -0.3 is 5.32 Å². The normalized spacial score (nSPS) is 11.3. The van der Waals surface area contributed by atoms with Crippen LogP contribution in [0.15, 0.2) is 77.7 Å². The zero-order chi connectivity index (χ0) is 23.3. The monoisotopic (exact) mass is 493 g/mol. The minimum absolute atomic E-state index is 0.0287. The number of anilines is 1. The van der Waals surface area contributed by atoms with Gasteiger partial charge in [-0.05, 0) is 48.0 Å². The standard InChI is InChI=1S/C21H17Cl2N3O5S/c22-16-6-4-15(5-7-16)13-25(32(30,31)20-10-8-17(23)9-11-20)14-21(27)24-18-2-1-3-19(12-18)26(28)29/h1-12H,13-14H2,(H,24,27). The van der Waals surface area contributed by atoms with Crippen molar-refractivity contribution in [1.82, 2.24) is 4.31 Å². The van der Waals surface area contributed by atoms with Crippen molar-refractivity contribution in [1.29, 1.82) is 0 Å². The van der Waals surface area contributed by atoms with E-state index in [0.717, 1.165) is 4.31 Å². The number of nitrogens with one attached hydrogen (secondary N) is 1. The fraction of sp³-hybridized carbons (Fsp3) is 0.0952. The SMILES string of the molecule is O=C(CN(Cc1ccc(Cl)cc1)S(=O)(=O)c1ccc(Cl)cc1)Nc1cccc([N+](=O)[O-])c1. The molecular weight excluding hydrogens is 477 g/mol. The summed E-state index contributed by atoms with van der Waals surface area (Å²) < 4.78 is 27.5. The van der Waals surface area contributed by atoms with Gasteiger partial charge in [-0.15, -0.1) is 0 Å². The molecule has 0 radical (unpaired) electrons. The van der Waals surface area contributed by atoms with Gasteiger partial charge in [0, 0.05) is 34.4 Å². The zero-order valence-corrected chi connectivity index (χ0v) is 18.8. The highest BCUT2D eigenvalue weighted by Crippen LogP contribution is 2.22. The number of nitro benzene ring substituents is 1. The molecule has 0 aromatic heterocycles. The maximum absolute atomic E-state index is 13.2. The van der Waals surface area contributed by atoms with Crippen LogP contribution < -0.4 is 5.32 Å². The minimum Gasteiger partial charge on any atom is -0.325 e. The zero-order valence-electron chi connectivity index (χ0n) is 16.4. The van der Waals surface area contributed by atoms with E-state index in [9.17, 15) is 23.3 Å². The number of rotatable bonds is 8. The van der Waals surface area contributed by atoms with E-state index < -0.39 is 27.4 Å². The third-order valence-electron chi connectivity index (χ3n) is 4.38. The first kappa shape index (κ1) is 23.7. The predicted octanol–water partition coefficient (Wildman–Crippen LogP) is 4.73. The molecular formula is C21H17Cl2N3O5S. The summed E-state index contributed by atoms with van der Waals surface area (Å²) in [5.41, 5.74) is 0.601. The van der Waals surface area contributed by atoms with Gasteiger partial charge >= 0.3 is 0 Å². The van der Waals surface area contributed by atoms with Crippen LogP contribution in [0.3, 0.4) is 0 Å². The summed E-state index contributed by atoms with van der Waals surface area (Å²) in [6.45, 7) is -0.610. The molecule has 11 heteroatoms. The third kappa shape index (κ3) is 6.04. The van der Waals surface area contributed by atoms with Crippen molar-refractivity contribution in [3.8, 4) is 0 Å². The van der Waals surface area contributed by atoms with Gasteiger partial charge in [0.2, 0.25) is 15.9 Å². The lowest BCUT2D eigenvalue weighted by Gasteiger charge is -2.22. The molecule has 0 aliphatic heterocycles. The van der Waals surface area contributed by atoms with Crippen LogP contribution >= 0.6 is 23.2 Å². The molecule has 166 valence electrons. The molecule has 0 unspecified atom stereocenters. The molecule has 3 aromatic carbocycles. The van der Waals surface area contributed by atoms with Crippen molar-refractivity contribution >= 4 is 50.5 Å². The Bertz CT molecular complexity index is 1230. The first-order valence-corrected chi connectivity index (χ1v) is 11.4. The number of nitrogens with zero attached hydrogens (tertiary/aromatic N) is 2. The molecule has 0 saturated carbocycles. The van der Waals surface area contributed by atoms with Gasteiger partial charge in [0.05, 0.1) is 16.4 Å². The summed E-state index contributed by atoms with van der Waals surface area (Å²) in [4.78, 5) is 23.0. The Morgan fingerprint density at radius 2 is 1.56 bits per heavy atom. The number of hydrogen-bond donors (Lipinski definition) is 1. The third-order valence-corrected chi connectivity index (χ3v) is 6.69. The van der Waals surface area contributed by atoms with Crippen LogP contribution in [-0.2, 0) is 21.4 Å². The number of carbonyl (C=O) groups excluding carboxylic acids is 1. The molecule has 0 aliphatic carbocycles. The molecule has 1 amide bonds. The summed E-state index contributed by atoms with van der Waals surface area (Å²) in [6, 6.07) is 17.5. The van der Waals surface area contributed by atoms with Crippen LogP contribution in [0, 0.1) is 10.1 Å². The van der Waals surface area contributed by atoms with Gasteiger partial charge in [-0.2, -0.15) is 4.31 Å². The highest BCUT2D eigenvalue weighted by atomic mass is 35.5. The lowest BCUT2D eigenvalue weighted by molar-refractivity contribution is -0.384. The Labute approximate surface area is 194 Å². The van der Waals surface area contributed by atoms with E-state index in [-0.39, 0.29) is 22.8 Å². The molecule has 32 heavy (non-hydrogen) atoms. The smallest absolute Gasteiger partial charge is 0.271 e. The molecule has 0 fully saturated rings. The molecule has 0 heterocycles. The van der Waals surface area contributed by atoms with E-state index >= 15 is 0 Å². The minimum atomic E-state index is -4.06. The van der Waals surface area contributed by atoms with Crippen molar-refractivity contribution in [3.05, 3.63) is 98.5 Å². The Morgan fingerprint density at radius 3 is 2.16 bits per heavy atom. The second kappa shape index (κ2) is 10.1. The van der Waals surface area contributed by atoms with Crippen LogP contribution in [0.25, 0.3) is 0 Å². The van der Waals surface area contributed by atoms with Crippen molar-refractivity contribution in [3.63, 3.8) is 0 Å². The molecule has 0 saturated heterocycles. The quantitative estimate of drug-likeness (QED) is 0.360. The van der Waals surface area contributed by atoms with Gasteiger partial charge in [0.15, 0.2) is 0 Å². The summed E-state index contributed by atoms with van der Waals surface area (Å²) in [6.07, 6.45) is 0. The number of benzene rings is 3. The molecule has 8 nitrogen and oxygen atoms in total. The summed E-state index contributed by atoms with van der Waals surface area (Å²) in [5.74, 6) is -0.656. The van der Waals surface area contributed by atoms with Crippen molar-refractivity contribution in [2.75, 3.05) is 11.9 Å². The molecule has 0 atom stereocenters. The summed E-state index contributed by atoms with van der Waals surface area (Å²) in [5, 5.41) is 14.3. The average Bonchev–Trinajstić information content (AvgIpc) is 2.75. The van der Waals surface area contributed by atoms with Crippen LogP contribution in [-0.4, -0.2) is 30.1 Å². The first-order valence-electron chi connectivity index (χ1n) is 9.19. The van der Waals surface area contributed by atoms with Crippen LogP contribution in [0.5, 0.6) is 0 Å². The topological polar surface area (TPSA) is 110 Å². The number of carbonyl (C=O) groups is 1. The van der Waals surface area contributed by atoms with Gasteiger partial charge in [0.1, 0.15) is 0 Å². The number of sulfonamides is 1. The Hall–Kier alpha value is -2.98. The average molecular weight is 494 g/mol. The van der Waals surface area contributed by atoms with E-state index in [2.05, 4.69) is 5.32 Å². The molecule has 3 aromatic rings. The van der Waals surface area contributed by atoms with Gasteiger partial charge in [0.25, 0.3) is 5.69 Å². The summed E-state index contributed by atoms with van der Waals surface area (Å²) in [7, 11) is -4.06. The van der Waals surface area contributed by atoms with E-state index in [4.69, 9.17) is 23.2 Å². The second-order valence-corrected chi connectivity index (χ2v) is 9.52. The Kier molecular flexibility index (Phi) is 7.47. The number of amides is 1. The fourth-order valence-electron chi connectivity index (χ4n) is 2.83. The molecule has 0 aliphatic rings. The molecule has 0 spiro atoms. The highest BCUT2D eigenvalue weighted by Gasteiger charge is 2.27. The van der Waals surface area contributed by atoms with E-state index in [1.807, 2.05) is 0 Å². The van der Waals surface area contributed by atoms with Gasteiger partial charge in [-0.25, -0.2) is 8.42 Å². The predicted molar refractivity (Wildman–Crippen MR) is 122 cm³/mol. The van der Waals surface area contributed by atoms with Crippen LogP contribution in [0.4, 0.5) is 11.4 Å². The largest absolute Gasteiger partial charge is 0.325 e. The Morgan fingerprint density at radius 1 is 0.969 bits per heavy atom. The van der Waals surface area contributed by atoms with Crippen molar-refractivity contribution in [2.45, 2.75) is 11.4 Å². The second-order valence-electron chi connectivity index (χ2n) is 6.71.